The molecule has 1 unspecified atom stereocenters. The Kier molecular flexibility index (Phi) is 5.65. The second-order valence-electron chi connectivity index (χ2n) is 7.12. The van der Waals surface area contributed by atoms with Gasteiger partial charge in [0.15, 0.2) is 0 Å². The van der Waals surface area contributed by atoms with E-state index >= 15 is 0 Å². The first-order valence-electron chi connectivity index (χ1n) is 8.35. The number of benzene rings is 1. The second kappa shape index (κ2) is 7.26. The summed E-state index contributed by atoms with van der Waals surface area (Å²) in [5, 5.41) is 3.70. The molecule has 0 bridgehead atoms. The molecule has 0 aliphatic heterocycles. The molecule has 0 spiro atoms. The fraction of sp³-hybridized carbons (Fsp3) is 0.684. The standard InChI is InChI=1S/C19H31N/c1-14(2)12-20-13-19(17-7-5-6-8-17)18-10-15(3)9-16(4)11-18/h9-11,14,17,19-20H,5-8,12-13H2,1-4H3. The molecular weight excluding hydrogens is 242 g/mol. The van der Waals surface area contributed by atoms with Gasteiger partial charge in [0.1, 0.15) is 0 Å². The summed E-state index contributed by atoms with van der Waals surface area (Å²) in [7, 11) is 0. The van der Waals surface area contributed by atoms with Crippen molar-refractivity contribution in [2.75, 3.05) is 13.1 Å². The molecule has 0 amide bonds. The lowest BCUT2D eigenvalue weighted by Crippen LogP contribution is -2.28. The molecule has 1 aromatic rings. The maximum Gasteiger partial charge on any atom is 0.00229 e. The van der Waals surface area contributed by atoms with E-state index in [9.17, 15) is 0 Å². The van der Waals surface area contributed by atoms with Crippen molar-refractivity contribution in [2.45, 2.75) is 59.3 Å². The van der Waals surface area contributed by atoms with E-state index in [-0.39, 0.29) is 0 Å². The molecule has 0 aromatic heterocycles. The van der Waals surface area contributed by atoms with Gasteiger partial charge in [0.25, 0.3) is 0 Å². The van der Waals surface area contributed by atoms with Crippen LogP contribution in [0.15, 0.2) is 18.2 Å². The van der Waals surface area contributed by atoms with Crippen molar-refractivity contribution < 1.29 is 0 Å². The molecular formula is C19H31N. The van der Waals surface area contributed by atoms with Gasteiger partial charge in [-0.05, 0) is 56.6 Å². The number of aryl methyl sites for hydroxylation is 2. The predicted molar refractivity (Wildman–Crippen MR) is 88.3 cm³/mol. The van der Waals surface area contributed by atoms with Gasteiger partial charge >= 0.3 is 0 Å². The van der Waals surface area contributed by atoms with Crippen LogP contribution in [0.3, 0.4) is 0 Å². The lowest BCUT2D eigenvalue weighted by molar-refractivity contribution is 0.400. The van der Waals surface area contributed by atoms with Gasteiger partial charge in [-0.3, -0.25) is 0 Å². The average molecular weight is 273 g/mol. The van der Waals surface area contributed by atoms with E-state index in [0.29, 0.717) is 5.92 Å². The van der Waals surface area contributed by atoms with Gasteiger partial charge in [-0.1, -0.05) is 56.0 Å². The van der Waals surface area contributed by atoms with Crippen LogP contribution in [-0.2, 0) is 0 Å². The van der Waals surface area contributed by atoms with Gasteiger partial charge in [0.2, 0.25) is 0 Å². The Bertz CT molecular complexity index is 396. The van der Waals surface area contributed by atoms with Crippen molar-refractivity contribution in [3.63, 3.8) is 0 Å². The van der Waals surface area contributed by atoms with Gasteiger partial charge in [-0.15, -0.1) is 0 Å². The Morgan fingerprint density at radius 3 is 2.15 bits per heavy atom. The first kappa shape index (κ1) is 15.6. The van der Waals surface area contributed by atoms with Gasteiger partial charge < -0.3 is 5.32 Å². The van der Waals surface area contributed by atoms with Crippen molar-refractivity contribution in [3.05, 3.63) is 34.9 Å². The Labute approximate surface area is 125 Å². The normalized spacial score (nSPS) is 17.9. The van der Waals surface area contributed by atoms with Crippen molar-refractivity contribution in [1.82, 2.24) is 5.32 Å². The molecule has 1 saturated carbocycles. The molecule has 0 radical (unpaired) electrons. The Hall–Kier alpha value is -0.820. The summed E-state index contributed by atoms with van der Waals surface area (Å²) in [6, 6.07) is 7.11. The first-order chi connectivity index (χ1) is 9.56. The zero-order valence-corrected chi connectivity index (χ0v) is 13.7. The van der Waals surface area contributed by atoms with Gasteiger partial charge in [-0.2, -0.15) is 0 Å². The summed E-state index contributed by atoms with van der Waals surface area (Å²) in [5.74, 6) is 2.32. The lowest BCUT2D eigenvalue weighted by Gasteiger charge is -2.26. The smallest absolute Gasteiger partial charge is 0.00229 e. The van der Waals surface area contributed by atoms with Crippen molar-refractivity contribution >= 4 is 0 Å². The first-order valence-corrected chi connectivity index (χ1v) is 8.35. The fourth-order valence-corrected chi connectivity index (χ4v) is 3.67. The van der Waals surface area contributed by atoms with Crippen molar-refractivity contribution in [1.29, 1.82) is 0 Å². The lowest BCUT2D eigenvalue weighted by atomic mass is 9.83. The zero-order valence-electron chi connectivity index (χ0n) is 13.7. The van der Waals surface area contributed by atoms with Crippen LogP contribution < -0.4 is 5.32 Å². The van der Waals surface area contributed by atoms with Gasteiger partial charge in [0.05, 0.1) is 0 Å². The minimum atomic E-state index is 0.704. The molecule has 1 atom stereocenters. The highest BCUT2D eigenvalue weighted by molar-refractivity contribution is 5.31. The van der Waals surface area contributed by atoms with Crippen LogP contribution in [0.25, 0.3) is 0 Å². The third-order valence-corrected chi connectivity index (χ3v) is 4.56. The number of hydrogen-bond acceptors (Lipinski definition) is 1. The number of nitrogens with one attached hydrogen (secondary N) is 1. The van der Waals surface area contributed by atoms with Crippen molar-refractivity contribution in [3.8, 4) is 0 Å². The van der Waals surface area contributed by atoms with Crippen LogP contribution in [0.4, 0.5) is 0 Å². The molecule has 2 rings (SSSR count). The molecule has 1 N–H and O–H groups in total. The summed E-state index contributed by atoms with van der Waals surface area (Å²) in [6.07, 6.45) is 5.69. The van der Waals surface area contributed by atoms with Crippen LogP contribution in [0.2, 0.25) is 0 Å². The maximum absolute atomic E-state index is 3.70. The maximum atomic E-state index is 3.70. The Morgan fingerprint density at radius 2 is 1.60 bits per heavy atom. The molecule has 1 aliphatic rings. The molecule has 112 valence electrons. The summed E-state index contributed by atoms with van der Waals surface area (Å²) in [6.45, 7) is 11.3. The average Bonchev–Trinajstić information content (AvgIpc) is 2.86. The van der Waals surface area contributed by atoms with E-state index < -0.39 is 0 Å². The fourth-order valence-electron chi connectivity index (χ4n) is 3.67. The van der Waals surface area contributed by atoms with E-state index in [4.69, 9.17) is 0 Å². The van der Waals surface area contributed by atoms with Crippen molar-refractivity contribution in [2.24, 2.45) is 11.8 Å². The van der Waals surface area contributed by atoms with Crippen LogP contribution in [-0.4, -0.2) is 13.1 Å². The number of rotatable bonds is 6. The van der Waals surface area contributed by atoms with E-state index in [0.717, 1.165) is 24.9 Å². The van der Waals surface area contributed by atoms with Crippen LogP contribution >= 0.6 is 0 Å². The summed E-state index contributed by atoms with van der Waals surface area (Å²) < 4.78 is 0. The van der Waals surface area contributed by atoms with E-state index in [1.807, 2.05) is 0 Å². The van der Waals surface area contributed by atoms with Crippen LogP contribution in [0.1, 0.15) is 62.1 Å². The highest BCUT2D eigenvalue weighted by Crippen LogP contribution is 2.37. The van der Waals surface area contributed by atoms with Crippen LogP contribution in [0, 0.1) is 25.7 Å². The van der Waals surface area contributed by atoms with Gasteiger partial charge in [0, 0.05) is 6.54 Å². The molecule has 20 heavy (non-hydrogen) atoms. The van der Waals surface area contributed by atoms with E-state index in [2.05, 4.69) is 51.2 Å². The monoisotopic (exact) mass is 273 g/mol. The van der Waals surface area contributed by atoms with Gasteiger partial charge in [-0.25, -0.2) is 0 Å². The topological polar surface area (TPSA) is 12.0 Å². The Morgan fingerprint density at radius 1 is 1.00 bits per heavy atom. The molecule has 1 aromatic carbocycles. The molecule has 1 aliphatic carbocycles. The second-order valence-corrected chi connectivity index (χ2v) is 7.12. The minimum Gasteiger partial charge on any atom is -0.316 e. The predicted octanol–water partition coefficient (Wildman–Crippen LogP) is 4.82. The largest absolute Gasteiger partial charge is 0.316 e. The number of hydrogen-bond donors (Lipinski definition) is 1. The highest BCUT2D eigenvalue weighted by atomic mass is 14.9. The molecule has 0 saturated heterocycles. The van der Waals surface area contributed by atoms with E-state index in [1.54, 1.807) is 5.56 Å². The summed E-state index contributed by atoms with van der Waals surface area (Å²) >= 11 is 0. The Balaban J connectivity index is 2.11. The summed E-state index contributed by atoms with van der Waals surface area (Å²) in [5.41, 5.74) is 4.38. The third-order valence-electron chi connectivity index (χ3n) is 4.56. The van der Waals surface area contributed by atoms with E-state index in [1.165, 1.54) is 36.8 Å². The molecule has 1 heteroatoms. The zero-order chi connectivity index (χ0) is 14.5. The highest BCUT2D eigenvalue weighted by Gasteiger charge is 2.26. The summed E-state index contributed by atoms with van der Waals surface area (Å²) in [4.78, 5) is 0. The molecule has 1 nitrogen and oxygen atoms in total. The molecule has 0 heterocycles. The van der Waals surface area contributed by atoms with Crippen LogP contribution in [0.5, 0.6) is 0 Å². The SMILES string of the molecule is Cc1cc(C)cc(C(CNCC(C)C)C2CCCC2)c1. The minimum absolute atomic E-state index is 0.704. The quantitative estimate of drug-likeness (QED) is 0.783. The third kappa shape index (κ3) is 4.34. The molecule has 1 fully saturated rings.